The fourth-order valence-corrected chi connectivity index (χ4v) is 2.79. The molecule has 0 amide bonds. The van der Waals surface area contributed by atoms with Gasteiger partial charge in [-0.3, -0.25) is 4.90 Å². The van der Waals surface area contributed by atoms with Gasteiger partial charge in [0.05, 0.1) is 4.47 Å². The molecule has 1 aliphatic heterocycles. The second-order valence-corrected chi connectivity index (χ2v) is 5.67. The third-order valence-corrected chi connectivity index (χ3v) is 3.98. The summed E-state index contributed by atoms with van der Waals surface area (Å²) >= 11 is 3.50. The molecule has 0 N–H and O–H groups in total. The van der Waals surface area contributed by atoms with Crippen molar-refractivity contribution < 1.29 is 4.52 Å². The van der Waals surface area contributed by atoms with E-state index in [1.807, 2.05) is 6.92 Å². The lowest BCUT2D eigenvalue weighted by molar-refractivity contribution is 0.177. The van der Waals surface area contributed by atoms with Crippen molar-refractivity contribution in [1.82, 2.24) is 25.0 Å². The van der Waals surface area contributed by atoms with Crippen LogP contribution in [-0.2, 0) is 0 Å². The molecule has 2 aromatic rings. The van der Waals surface area contributed by atoms with E-state index in [1.165, 1.54) is 0 Å². The lowest BCUT2D eigenvalue weighted by Gasteiger charge is -2.38. The van der Waals surface area contributed by atoms with Gasteiger partial charge in [0, 0.05) is 25.8 Å². The summed E-state index contributed by atoms with van der Waals surface area (Å²) in [5, 5.41) is 3.88. The van der Waals surface area contributed by atoms with E-state index in [4.69, 9.17) is 4.52 Å². The van der Waals surface area contributed by atoms with E-state index in [-0.39, 0.29) is 6.04 Å². The lowest BCUT2D eigenvalue weighted by Crippen LogP contribution is -2.47. The molecule has 1 saturated heterocycles. The van der Waals surface area contributed by atoms with Crippen LogP contribution in [0.15, 0.2) is 21.5 Å². The van der Waals surface area contributed by atoms with Crippen molar-refractivity contribution >= 4 is 21.7 Å². The maximum Gasteiger partial charge on any atom is 0.245 e. The highest BCUT2D eigenvalue weighted by Crippen LogP contribution is 2.29. The first kappa shape index (κ1) is 13.4. The van der Waals surface area contributed by atoms with Crippen LogP contribution in [0.25, 0.3) is 0 Å². The third kappa shape index (κ3) is 2.53. The number of anilines is 1. The van der Waals surface area contributed by atoms with Gasteiger partial charge in [0.25, 0.3) is 0 Å². The molecule has 3 rings (SSSR count). The monoisotopic (exact) mass is 338 g/mol. The predicted molar refractivity (Wildman–Crippen MR) is 76.4 cm³/mol. The van der Waals surface area contributed by atoms with E-state index in [0.717, 1.165) is 29.9 Å². The van der Waals surface area contributed by atoms with Crippen LogP contribution in [0, 0.1) is 6.92 Å². The maximum absolute atomic E-state index is 5.31. The first-order valence-corrected chi connectivity index (χ1v) is 7.15. The van der Waals surface area contributed by atoms with E-state index in [9.17, 15) is 0 Å². The van der Waals surface area contributed by atoms with Gasteiger partial charge in [-0.2, -0.15) is 4.98 Å². The van der Waals surface area contributed by atoms with Gasteiger partial charge in [-0.15, -0.1) is 0 Å². The van der Waals surface area contributed by atoms with Crippen LogP contribution >= 0.6 is 15.9 Å². The van der Waals surface area contributed by atoms with Gasteiger partial charge in [-0.1, -0.05) is 5.16 Å². The quantitative estimate of drug-likeness (QED) is 0.819. The van der Waals surface area contributed by atoms with Gasteiger partial charge < -0.3 is 9.42 Å². The minimum atomic E-state index is 0.0758. The summed E-state index contributed by atoms with van der Waals surface area (Å²) in [5.74, 6) is 2.21. The summed E-state index contributed by atoms with van der Waals surface area (Å²) in [6.07, 6.45) is 3.32. The van der Waals surface area contributed by atoms with Gasteiger partial charge in [-0.25, -0.2) is 9.97 Å². The standard InChI is InChI=1S/C12H15BrN6O/c1-8-16-12(20-17-8)10-6-19(4-3-18(10)2)11-9(13)5-14-7-15-11/h5,7,10H,3-4,6H2,1-2H3/t10-/m1/s1. The van der Waals surface area contributed by atoms with Crippen molar-refractivity contribution in [2.24, 2.45) is 0 Å². The average molecular weight is 339 g/mol. The Morgan fingerprint density at radius 2 is 2.25 bits per heavy atom. The minimum Gasteiger partial charge on any atom is -0.352 e. The number of aryl methyl sites for hydroxylation is 1. The van der Waals surface area contributed by atoms with Gasteiger partial charge >= 0.3 is 0 Å². The maximum atomic E-state index is 5.31. The van der Waals surface area contributed by atoms with Gasteiger partial charge in [0.15, 0.2) is 5.82 Å². The van der Waals surface area contributed by atoms with E-state index in [0.29, 0.717) is 11.7 Å². The molecule has 3 heterocycles. The number of halogens is 1. The third-order valence-electron chi connectivity index (χ3n) is 3.42. The molecule has 20 heavy (non-hydrogen) atoms. The molecule has 0 radical (unpaired) electrons. The summed E-state index contributed by atoms with van der Waals surface area (Å²) in [7, 11) is 2.07. The Kier molecular flexibility index (Phi) is 3.66. The zero-order valence-corrected chi connectivity index (χ0v) is 12.9. The Labute approximate surface area is 125 Å². The molecule has 2 aromatic heterocycles. The molecule has 106 valence electrons. The number of rotatable bonds is 2. The predicted octanol–water partition coefficient (Wildman–Crippen LogP) is 1.42. The van der Waals surface area contributed by atoms with Gasteiger partial charge in [0.2, 0.25) is 5.89 Å². The van der Waals surface area contributed by atoms with E-state index < -0.39 is 0 Å². The number of aromatic nitrogens is 4. The van der Waals surface area contributed by atoms with Crippen molar-refractivity contribution in [3.8, 4) is 0 Å². The van der Waals surface area contributed by atoms with Crippen LogP contribution < -0.4 is 4.90 Å². The molecule has 0 saturated carbocycles. The Morgan fingerprint density at radius 1 is 1.40 bits per heavy atom. The average Bonchev–Trinajstić information content (AvgIpc) is 2.87. The zero-order chi connectivity index (χ0) is 14.1. The highest BCUT2D eigenvalue weighted by Gasteiger charge is 2.31. The van der Waals surface area contributed by atoms with E-state index in [2.05, 4.69) is 52.9 Å². The first-order chi connectivity index (χ1) is 9.65. The molecule has 0 bridgehead atoms. The van der Waals surface area contributed by atoms with Crippen LogP contribution in [0.1, 0.15) is 17.8 Å². The zero-order valence-electron chi connectivity index (χ0n) is 11.3. The second-order valence-electron chi connectivity index (χ2n) is 4.82. The molecule has 1 aliphatic rings. The summed E-state index contributed by atoms with van der Waals surface area (Å²) in [6.45, 7) is 4.39. The van der Waals surface area contributed by atoms with Crippen LogP contribution in [0.4, 0.5) is 5.82 Å². The number of hydrogen-bond donors (Lipinski definition) is 0. The molecule has 0 spiro atoms. The lowest BCUT2D eigenvalue weighted by atomic mass is 10.2. The molecular formula is C12H15BrN6O. The SMILES string of the molecule is Cc1noc([C@H]2CN(c3ncncc3Br)CCN2C)n1. The van der Waals surface area contributed by atoms with Crippen molar-refractivity contribution in [2.75, 3.05) is 31.6 Å². The molecule has 1 atom stereocenters. The highest BCUT2D eigenvalue weighted by molar-refractivity contribution is 9.10. The van der Waals surface area contributed by atoms with Crippen molar-refractivity contribution in [3.63, 3.8) is 0 Å². The van der Waals surface area contributed by atoms with Gasteiger partial charge in [0.1, 0.15) is 18.2 Å². The van der Waals surface area contributed by atoms with E-state index >= 15 is 0 Å². The minimum absolute atomic E-state index is 0.0758. The van der Waals surface area contributed by atoms with Crippen molar-refractivity contribution in [2.45, 2.75) is 13.0 Å². The molecule has 0 unspecified atom stereocenters. The van der Waals surface area contributed by atoms with Crippen LogP contribution in [0.5, 0.6) is 0 Å². The summed E-state index contributed by atoms with van der Waals surface area (Å²) < 4.78 is 6.21. The van der Waals surface area contributed by atoms with E-state index in [1.54, 1.807) is 12.5 Å². The van der Waals surface area contributed by atoms with Crippen LogP contribution in [0.2, 0.25) is 0 Å². The largest absolute Gasteiger partial charge is 0.352 e. The smallest absolute Gasteiger partial charge is 0.245 e. The fourth-order valence-electron chi connectivity index (χ4n) is 2.32. The molecular weight excluding hydrogens is 324 g/mol. The van der Waals surface area contributed by atoms with Crippen molar-refractivity contribution in [1.29, 1.82) is 0 Å². The second kappa shape index (κ2) is 5.45. The summed E-state index contributed by atoms with van der Waals surface area (Å²) in [6, 6.07) is 0.0758. The number of likely N-dealkylation sites (N-methyl/N-ethyl adjacent to an activating group) is 1. The highest BCUT2D eigenvalue weighted by atomic mass is 79.9. The van der Waals surface area contributed by atoms with Crippen molar-refractivity contribution in [3.05, 3.63) is 28.7 Å². The first-order valence-electron chi connectivity index (χ1n) is 6.36. The molecule has 1 fully saturated rings. The molecule has 0 aromatic carbocycles. The van der Waals surface area contributed by atoms with Gasteiger partial charge in [-0.05, 0) is 29.9 Å². The fraction of sp³-hybridized carbons (Fsp3) is 0.500. The summed E-state index contributed by atoms with van der Waals surface area (Å²) in [4.78, 5) is 17.1. The number of nitrogens with zero attached hydrogens (tertiary/aromatic N) is 6. The molecule has 7 nitrogen and oxygen atoms in total. The Hall–Kier alpha value is -1.54. The Bertz CT molecular complexity index is 603. The number of hydrogen-bond acceptors (Lipinski definition) is 7. The van der Waals surface area contributed by atoms with Crippen LogP contribution in [-0.4, -0.2) is 51.7 Å². The Balaban J connectivity index is 1.85. The Morgan fingerprint density at radius 3 is 2.95 bits per heavy atom. The number of piperazine rings is 1. The topological polar surface area (TPSA) is 71.2 Å². The molecule has 0 aliphatic carbocycles. The van der Waals surface area contributed by atoms with Crippen LogP contribution in [0.3, 0.4) is 0 Å². The molecule has 8 heteroatoms. The summed E-state index contributed by atoms with van der Waals surface area (Å²) in [5.41, 5.74) is 0. The normalized spacial score (nSPS) is 20.4.